The number of aryl methyl sites for hydroxylation is 2. The Hall–Kier alpha value is -1.94. The molecule has 9 nitrogen and oxygen atoms in total. The normalized spacial score (nSPS) is 20.6. The van der Waals surface area contributed by atoms with Crippen LogP contribution in [0.3, 0.4) is 0 Å². The largest absolute Gasteiger partial charge is 0.452 e. The molecular weight excluding hydrogens is 408 g/mol. The second-order valence-electron chi connectivity index (χ2n) is 8.34. The van der Waals surface area contributed by atoms with Crippen LogP contribution >= 0.6 is 0 Å². The van der Waals surface area contributed by atoms with Gasteiger partial charge in [-0.25, -0.2) is 13.4 Å². The third-order valence-electron chi connectivity index (χ3n) is 6.09. The van der Waals surface area contributed by atoms with Gasteiger partial charge in [-0.1, -0.05) is 19.3 Å². The van der Waals surface area contributed by atoms with Gasteiger partial charge in [-0.15, -0.1) is 0 Å². The summed E-state index contributed by atoms with van der Waals surface area (Å²) in [5.74, 6) is -0.493. The molecule has 1 N–H and O–H groups in total. The summed E-state index contributed by atoms with van der Waals surface area (Å²) >= 11 is 0. The highest BCUT2D eigenvalue weighted by Gasteiger charge is 2.35. The quantitative estimate of drug-likeness (QED) is 0.672. The molecule has 1 aliphatic heterocycles. The van der Waals surface area contributed by atoms with E-state index in [9.17, 15) is 18.0 Å². The van der Waals surface area contributed by atoms with Crippen molar-refractivity contribution in [3.8, 4) is 0 Å². The van der Waals surface area contributed by atoms with E-state index in [-0.39, 0.29) is 30.1 Å². The Kier molecular flexibility index (Phi) is 7.18. The van der Waals surface area contributed by atoms with E-state index in [0.717, 1.165) is 25.7 Å². The van der Waals surface area contributed by atoms with Gasteiger partial charge >= 0.3 is 5.97 Å². The fourth-order valence-electron chi connectivity index (χ4n) is 4.00. The van der Waals surface area contributed by atoms with Crippen molar-refractivity contribution in [3.05, 3.63) is 12.0 Å². The molecule has 1 aromatic rings. The second kappa shape index (κ2) is 9.47. The van der Waals surface area contributed by atoms with Crippen molar-refractivity contribution in [2.75, 3.05) is 13.1 Å². The van der Waals surface area contributed by atoms with Crippen molar-refractivity contribution in [3.63, 3.8) is 0 Å². The first kappa shape index (κ1) is 22.7. The maximum absolute atomic E-state index is 12.8. The van der Waals surface area contributed by atoms with Crippen molar-refractivity contribution in [1.82, 2.24) is 19.2 Å². The van der Waals surface area contributed by atoms with Gasteiger partial charge in [0.05, 0.1) is 5.92 Å². The van der Waals surface area contributed by atoms with Crippen molar-refractivity contribution in [2.45, 2.75) is 76.0 Å². The van der Waals surface area contributed by atoms with E-state index in [0.29, 0.717) is 18.7 Å². The zero-order valence-corrected chi connectivity index (χ0v) is 18.8. The molecule has 0 spiro atoms. The Morgan fingerprint density at radius 3 is 2.37 bits per heavy atom. The van der Waals surface area contributed by atoms with E-state index in [1.165, 1.54) is 16.9 Å². The van der Waals surface area contributed by atoms with Gasteiger partial charge in [0.1, 0.15) is 5.82 Å². The summed E-state index contributed by atoms with van der Waals surface area (Å²) in [6.07, 6.45) is 6.73. The molecule has 1 aliphatic carbocycles. The number of piperidine rings is 1. The predicted octanol–water partition coefficient (Wildman–Crippen LogP) is 1.51. The first-order valence-corrected chi connectivity index (χ1v) is 12.1. The fourth-order valence-corrected chi connectivity index (χ4v) is 5.50. The highest BCUT2D eigenvalue weighted by atomic mass is 32.2. The molecule has 0 radical (unpaired) electrons. The number of nitrogens with zero attached hydrogens (tertiary/aromatic N) is 3. The summed E-state index contributed by atoms with van der Waals surface area (Å²) in [6.45, 7) is 3.77. The van der Waals surface area contributed by atoms with Gasteiger partial charge in [-0.05, 0) is 39.5 Å². The minimum absolute atomic E-state index is 0.0246. The smallest absolute Gasteiger partial charge is 0.309 e. The molecular formula is C20H32N4O5S. The molecule has 1 unspecified atom stereocenters. The zero-order valence-electron chi connectivity index (χ0n) is 18.0. The number of imidazole rings is 1. The molecule has 0 bridgehead atoms. The van der Waals surface area contributed by atoms with Crippen LogP contribution in [0.5, 0.6) is 0 Å². The Morgan fingerprint density at radius 1 is 1.17 bits per heavy atom. The average Bonchev–Trinajstić information content (AvgIpc) is 3.08. The number of aromatic nitrogens is 2. The minimum Gasteiger partial charge on any atom is -0.452 e. The van der Waals surface area contributed by atoms with Crippen LogP contribution in [-0.4, -0.2) is 59.4 Å². The molecule has 10 heteroatoms. The SMILES string of the molecule is Cc1nc(S(=O)(=O)N2CCC(C(=O)OC(C)C(=O)NC3CCCCC3)CC2)cn1C. The van der Waals surface area contributed by atoms with Crippen molar-refractivity contribution in [1.29, 1.82) is 0 Å². The average molecular weight is 441 g/mol. The zero-order chi connectivity index (χ0) is 21.9. The van der Waals surface area contributed by atoms with E-state index in [1.807, 2.05) is 0 Å². The molecule has 2 aliphatic rings. The number of hydrogen-bond donors (Lipinski definition) is 1. The molecule has 1 amide bonds. The first-order chi connectivity index (χ1) is 14.2. The number of amides is 1. The van der Waals surface area contributed by atoms with Crippen LogP contribution in [0.25, 0.3) is 0 Å². The van der Waals surface area contributed by atoms with Gasteiger partial charge < -0.3 is 14.6 Å². The standard InChI is InChI=1S/C20H32N4O5S/c1-14(19(25)22-17-7-5-4-6-8-17)29-20(26)16-9-11-24(12-10-16)30(27,28)18-13-23(3)15(2)21-18/h13-14,16-17H,4-12H2,1-3H3,(H,22,25). The van der Waals surface area contributed by atoms with Crippen LogP contribution in [0, 0.1) is 12.8 Å². The maximum Gasteiger partial charge on any atom is 0.309 e. The second-order valence-corrected chi connectivity index (χ2v) is 10.2. The van der Waals surface area contributed by atoms with Crippen molar-refractivity contribution in [2.24, 2.45) is 13.0 Å². The first-order valence-electron chi connectivity index (χ1n) is 10.7. The van der Waals surface area contributed by atoms with E-state index in [1.54, 1.807) is 25.5 Å². The van der Waals surface area contributed by atoms with Crippen molar-refractivity contribution < 1.29 is 22.7 Å². The lowest BCUT2D eigenvalue weighted by atomic mass is 9.95. The molecule has 2 fully saturated rings. The summed E-state index contributed by atoms with van der Waals surface area (Å²) in [4.78, 5) is 28.9. The number of sulfonamides is 1. The van der Waals surface area contributed by atoms with Crippen LogP contribution in [0.2, 0.25) is 0 Å². The van der Waals surface area contributed by atoms with Crippen LogP contribution in [0.1, 0.15) is 57.7 Å². The summed E-state index contributed by atoms with van der Waals surface area (Å²) in [7, 11) is -1.94. The number of ether oxygens (including phenoxy) is 1. The van der Waals surface area contributed by atoms with E-state index in [4.69, 9.17) is 4.74 Å². The van der Waals surface area contributed by atoms with Crippen LogP contribution < -0.4 is 5.32 Å². The molecule has 2 heterocycles. The lowest BCUT2D eigenvalue weighted by Crippen LogP contribution is -2.44. The molecule has 1 saturated carbocycles. The van der Waals surface area contributed by atoms with E-state index >= 15 is 0 Å². The Balaban J connectivity index is 1.49. The third kappa shape index (κ3) is 5.21. The van der Waals surface area contributed by atoms with Gasteiger partial charge in [0.25, 0.3) is 15.9 Å². The molecule has 3 rings (SSSR count). The minimum atomic E-state index is -3.68. The number of carbonyl (C=O) groups excluding carboxylic acids is 2. The summed E-state index contributed by atoms with van der Waals surface area (Å²) in [5.41, 5.74) is 0. The highest BCUT2D eigenvalue weighted by molar-refractivity contribution is 7.89. The lowest BCUT2D eigenvalue weighted by Gasteiger charge is -2.30. The van der Waals surface area contributed by atoms with Crippen LogP contribution in [0.15, 0.2) is 11.2 Å². The number of rotatable bonds is 6. The van der Waals surface area contributed by atoms with Crippen molar-refractivity contribution >= 4 is 21.9 Å². The van der Waals surface area contributed by atoms with Gasteiger partial charge in [0.15, 0.2) is 11.1 Å². The van der Waals surface area contributed by atoms with E-state index in [2.05, 4.69) is 10.3 Å². The van der Waals surface area contributed by atoms with E-state index < -0.39 is 28.0 Å². The Morgan fingerprint density at radius 2 is 1.80 bits per heavy atom. The summed E-state index contributed by atoms with van der Waals surface area (Å²) in [6, 6.07) is 0.163. The monoisotopic (exact) mass is 440 g/mol. The number of hydrogen-bond acceptors (Lipinski definition) is 6. The fraction of sp³-hybridized carbons (Fsp3) is 0.750. The molecule has 1 atom stereocenters. The number of nitrogens with one attached hydrogen (secondary N) is 1. The Bertz CT molecular complexity index is 848. The van der Waals surface area contributed by atoms with Gasteiger partial charge in [-0.3, -0.25) is 9.59 Å². The molecule has 168 valence electrons. The third-order valence-corrected chi connectivity index (χ3v) is 7.86. The molecule has 0 aromatic carbocycles. The number of carbonyl (C=O) groups is 2. The predicted molar refractivity (Wildman–Crippen MR) is 110 cm³/mol. The summed E-state index contributed by atoms with van der Waals surface area (Å²) < 4.78 is 33.9. The summed E-state index contributed by atoms with van der Waals surface area (Å²) in [5, 5.41) is 2.99. The maximum atomic E-state index is 12.8. The van der Waals surface area contributed by atoms with Gasteiger partial charge in [0, 0.05) is 32.4 Å². The Labute approximate surface area is 178 Å². The van der Waals surface area contributed by atoms with Crippen LogP contribution in [0.4, 0.5) is 0 Å². The number of esters is 1. The lowest BCUT2D eigenvalue weighted by molar-refractivity contribution is -0.160. The topological polar surface area (TPSA) is 111 Å². The van der Waals surface area contributed by atoms with Gasteiger partial charge in [0.2, 0.25) is 0 Å². The molecule has 1 aromatic heterocycles. The highest BCUT2D eigenvalue weighted by Crippen LogP contribution is 2.25. The van der Waals surface area contributed by atoms with Gasteiger partial charge in [-0.2, -0.15) is 4.31 Å². The molecule has 30 heavy (non-hydrogen) atoms. The molecule has 1 saturated heterocycles. The van der Waals surface area contributed by atoms with Crippen LogP contribution in [-0.2, 0) is 31.4 Å².